The molecule has 10 heteroatoms. The van der Waals surface area contributed by atoms with Crippen LogP contribution in [0.5, 0.6) is 0 Å². The monoisotopic (exact) mass is 934 g/mol. The van der Waals surface area contributed by atoms with Crippen molar-refractivity contribution in [1.82, 2.24) is 0 Å². The van der Waals surface area contributed by atoms with E-state index < -0.39 is 26.5 Å². The SMILES string of the molecule is CC/C=C\C/C=C\C/C=C\C/C=C\C/C=C\CCCCCCCCCCCCCCCCCC(=O)OC(COC(=O)CCCCCCCCCCCCCCC)COP(=O)(O)OCCN. The van der Waals surface area contributed by atoms with E-state index >= 15 is 0 Å². The Kier molecular flexibility index (Phi) is 49.3. The van der Waals surface area contributed by atoms with Crippen molar-refractivity contribution in [2.24, 2.45) is 5.73 Å². The molecule has 0 aromatic rings. The molecule has 378 valence electrons. The van der Waals surface area contributed by atoms with Crippen molar-refractivity contribution < 1.29 is 37.6 Å². The summed E-state index contributed by atoms with van der Waals surface area (Å²) in [5, 5.41) is 0. The second-order valence-electron chi connectivity index (χ2n) is 17.7. The third kappa shape index (κ3) is 51.0. The van der Waals surface area contributed by atoms with E-state index in [-0.39, 0.29) is 38.6 Å². The van der Waals surface area contributed by atoms with Gasteiger partial charge in [0, 0.05) is 19.4 Å². The van der Waals surface area contributed by atoms with Crippen LogP contribution in [0.25, 0.3) is 0 Å². The van der Waals surface area contributed by atoms with Gasteiger partial charge in [0.15, 0.2) is 6.10 Å². The molecule has 0 aromatic heterocycles. The van der Waals surface area contributed by atoms with Crippen molar-refractivity contribution in [3.63, 3.8) is 0 Å². The summed E-state index contributed by atoms with van der Waals surface area (Å²) in [5.41, 5.74) is 5.37. The standard InChI is InChI=1S/C55H100NO8P/c1-3-5-7-9-11-13-15-17-18-19-20-21-22-23-24-25-26-27-28-29-30-31-32-33-34-36-38-40-42-44-46-48-55(58)64-53(52-63-65(59,60)62-50-49-56)51-61-54(57)47-45-43-41-39-37-35-16-14-12-10-8-6-4-2/h5,7,11,13,17-18,20-21,23-24,53H,3-4,6,8-10,12,14-16,19,22,25-52,56H2,1-2H3,(H,59,60)/b7-5-,13-11-,18-17-,21-20-,24-23-. The Hall–Kier alpha value is -2.29. The van der Waals surface area contributed by atoms with Crippen LogP contribution in [0.1, 0.15) is 245 Å². The van der Waals surface area contributed by atoms with Crippen LogP contribution in [-0.4, -0.2) is 49.3 Å². The zero-order valence-electron chi connectivity index (χ0n) is 42.0. The summed E-state index contributed by atoms with van der Waals surface area (Å²) < 4.78 is 32.9. The molecule has 0 aliphatic rings. The van der Waals surface area contributed by atoms with Crippen LogP contribution in [-0.2, 0) is 32.7 Å². The largest absolute Gasteiger partial charge is 0.472 e. The zero-order valence-corrected chi connectivity index (χ0v) is 42.9. The molecule has 3 N–H and O–H groups in total. The summed E-state index contributed by atoms with van der Waals surface area (Å²) in [6.07, 6.45) is 62.7. The van der Waals surface area contributed by atoms with Gasteiger partial charge in [0.25, 0.3) is 0 Å². The van der Waals surface area contributed by atoms with Crippen molar-refractivity contribution in [2.75, 3.05) is 26.4 Å². The molecule has 2 atom stereocenters. The van der Waals surface area contributed by atoms with Gasteiger partial charge in [-0.2, -0.15) is 0 Å². The minimum Gasteiger partial charge on any atom is -0.462 e. The fraction of sp³-hybridized carbons (Fsp3) is 0.782. The predicted octanol–water partition coefficient (Wildman–Crippen LogP) is 16.4. The first-order chi connectivity index (χ1) is 31.8. The van der Waals surface area contributed by atoms with Gasteiger partial charge in [0.05, 0.1) is 13.2 Å². The van der Waals surface area contributed by atoms with Gasteiger partial charge in [-0.3, -0.25) is 18.6 Å². The van der Waals surface area contributed by atoms with Crippen LogP contribution < -0.4 is 5.73 Å². The number of ether oxygens (including phenoxy) is 2. The molecular formula is C55H100NO8P. The molecule has 0 rings (SSSR count). The Bertz CT molecular complexity index is 1250. The van der Waals surface area contributed by atoms with Crippen LogP contribution in [0, 0.1) is 0 Å². The first kappa shape index (κ1) is 62.7. The zero-order chi connectivity index (χ0) is 47.4. The maximum absolute atomic E-state index is 12.7. The van der Waals surface area contributed by atoms with E-state index in [9.17, 15) is 19.0 Å². The third-order valence-corrected chi connectivity index (χ3v) is 12.4. The van der Waals surface area contributed by atoms with E-state index in [4.69, 9.17) is 24.3 Å². The lowest BCUT2D eigenvalue weighted by Crippen LogP contribution is -2.29. The Morgan fingerprint density at radius 1 is 0.477 bits per heavy atom. The molecule has 0 aliphatic heterocycles. The lowest BCUT2D eigenvalue weighted by atomic mass is 10.0. The summed E-state index contributed by atoms with van der Waals surface area (Å²) in [7, 11) is -4.38. The molecule has 0 bridgehead atoms. The highest BCUT2D eigenvalue weighted by molar-refractivity contribution is 7.47. The van der Waals surface area contributed by atoms with Crippen molar-refractivity contribution in [3.8, 4) is 0 Å². The fourth-order valence-corrected chi connectivity index (χ4v) is 8.25. The highest BCUT2D eigenvalue weighted by Crippen LogP contribution is 2.43. The maximum atomic E-state index is 12.7. The second kappa shape index (κ2) is 51.1. The maximum Gasteiger partial charge on any atom is 0.472 e. The molecule has 65 heavy (non-hydrogen) atoms. The molecule has 2 unspecified atom stereocenters. The number of esters is 2. The number of unbranched alkanes of at least 4 members (excludes halogenated alkanes) is 27. The first-order valence-corrected chi connectivity index (χ1v) is 28.3. The fourth-order valence-electron chi connectivity index (χ4n) is 7.49. The third-order valence-electron chi connectivity index (χ3n) is 11.4. The average Bonchev–Trinajstić information content (AvgIpc) is 3.30. The minimum absolute atomic E-state index is 0.0537. The van der Waals surface area contributed by atoms with Gasteiger partial charge in [-0.25, -0.2) is 4.57 Å². The first-order valence-electron chi connectivity index (χ1n) is 26.8. The van der Waals surface area contributed by atoms with Crippen LogP contribution in [0.3, 0.4) is 0 Å². The van der Waals surface area contributed by atoms with E-state index in [2.05, 4.69) is 74.6 Å². The van der Waals surface area contributed by atoms with Gasteiger partial charge in [0.2, 0.25) is 0 Å². The smallest absolute Gasteiger partial charge is 0.462 e. The molecule has 0 spiro atoms. The quantitative estimate of drug-likeness (QED) is 0.0265. The number of allylic oxidation sites excluding steroid dienone is 10. The normalized spacial score (nSPS) is 13.6. The molecule has 9 nitrogen and oxygen atoms in total. The molecule has 0 saturated heterocycles. The van der Waals surface area contributed by atoms with Gasteiger partial charge >= 0.3 is 19.8 Å². The van der Waals surface area contributed by atoms with Crippen LogP contribution >= 0.6 is 7.82 Å². The lowest BCUT2D eigenvalue weighted by molar-refractivity contribution is -0.161. The Morgan fingerprint density at radius 2 is 0.846 bits per heavy atom. The molecule has 0 aromatic carbocycles. The average molecular weight is 934 g/mol. The predicted molar refractivity (Wildman–Crippen MR) is 275 cm³/mol. The summed E-state index contributed by atoms with van der Waals surface area (Å²) >= 11 is 0. The van der Waals surface area contributed by atoms with E-state index in [1.54, 1.807) is 0 Å². The minimum atomic E-state index is -4.38. The van der Waals surface area contributed by atoms with Gasteiger partial charge in [0.1, 0.15) is 6.61 Å². The molecular weight excluding hydrogens is 834 g/mol. The molecule has 0 amide bonds. The van der Waals surface area contributed by atoms with Gasteiger partial charge in [-0.1, -0.05) is 235 Å². The number of hydrogen-bond donors (Lipinski definition) is 2. The lowest BCUT2D eigenvalue weighted by Gasteiger charge is -2.19. The number of nitrogens with two attached hydrogens (primary N) is 1. The summed E-state index contributed by atoms with van der Waals surface area (Å²) in [5.74, 6) is -0.821. The summed E-state index contributed by atoms with van der Waals surface area (Å²) in [6.45, 7) is 3.64. The second-order valence-corrected chi connectivity index (χ2v) is 19.2. The van der Waals surface area contributed by atoms with Crippen LogP contribution in [0.15, 0.2) is 60.8 Å². The topological polar surface area (TPSA) is 134 Å². The number of carbonyl (C=O) groups is 2. The van der Waals surface area contributed by atoms with E-state index in [1.165, 1.54) is 141 Å². The Labute approximate surface area is 399 Å². The van der Waals surface area contributed by atoms with Gasteiger partial charge in [-0.15, -0.1) is 0 Å². The molecule has 0 saturated carbocycles. The number of hydrogen-bond acceptors (Lipinski definition) is 8. The highest BCUT2D eigenvalue weighted by atomic mass is 31.2. The number of carbonyl (C=O) groups excluding carboxylic acids is 2. The molecule has 0 aliphatic carbocycles. The van der Waals surface area contributed by atoms with Crippen molar-refractivity contribution in [3.05, 3.63) is 60.8 Å². The molecule has 0 heterocycles. The van der Waals surface area contributed by atoms with Gasteiger partial charge in [-0.05, 0) is 57.8 Å². The van der Waals surface area contributed by atoms with Crippen molar-refractivity contribution >= 4 is 19.8 Å². The number of phosphoric ester groups is 1. The summed E-state index contributed by atoms with van der Waals surface area (Å²) in [4.78, 5) is 35.0. The number of phosphoric acid groups is 1. The number of rotatable bonds is 50. The molecule has 0 radical (unpaired) electrons. The van der Waals surface area contributed by atoms with Crippen LogP contribution in [0.4, 0.5) is 0 Å². The Balaban J connectivity index is 3.92. The van der Waals surface area contributed by atoms with Gasteiger partial charge < -0.3 is 20.1 Å². The summed E-state index contributed by atoms with van der Waals surface area (Å²) in [6, 6.07) is 0. The Morgan fingerprint density at radius 3 is 1.26 bits per heavy atom. The van der Waals surface area contributed by atoms with Crippen molar-refractivity contribution in [1.29, 1.82) is 0 Å². The van der Waals surface area contributed by atoms with Crippen molar-refractivity contribution in [2.45, 2.75) is 251 Å². The van der Waals surface area contributed by atoms with E-state index in [0.29, 0.717) is 6.42 Å². The van der Waals surface area contributed by atoms with Crippen LogP contribution in [0.2, 0.25) is 0 Å². The molecule has 0 fully saturated rings. The highest BCUT2D eigenvalue weighted by Gasteiger charge is 2.26. The van der Waals surface area contributed by atoms with E-state index in [1.807, 2.05) is 0 Å². The van der Waals surface area contributed by atoms with E-state index in [0.717, 1.165) is 70.6 Å².